The van der Waals surface area contributed by atoms with Gasteiger partial charge in [-0.05, 0) is 31.0 Å². The van der Waals surface area contributed by atoms with Crippen LogP contribution < -0.4 is 5.32 Å². The van der Waals surface area contributed by atoms with Gasteiger partial charge in [0.25, 0.3) is 0 Å². The molecule has 2 aromatic rings. The summed E-state index contributed by atoms with van der Waals surface area (Å²) >= 11 is 0. The molecule has 0 atom stereocenters. The average molecular weight is 258 g/mol. The summed E-state index contributed by atoms with van der Waals surface area (Å²) in [6.07, 6.45) is 7.48. The van der Waals surface area contributed by atoms with Crippen molar-refractivity contribution >= 4 is 5.69 Å². The number of nitrogens with zero attached hydrogens (tertiary/aromatic N) is 3. The summed E-state index contributed by atoms with van der Waals surface area (Å²) in [5, 5.41) is 12.1. The lowest BCUT2D eigenvalue weighted by atomic mass is 10.2. The first-order chi connectivity index (χ1) is 9.29. The highest BCUT2D eigenvalue weighted by Gasteiger charge is 2.02. The van der Waals surface area contributed by atoms with E-state index in [1.54, 1.807) is 18.6 Å². The fourth-order valence-corrected chi connectivity index (χ4v) is 1.82. The molecule has 1 aromatic carbocycles. The molecular formula is C14H15FN4. The zero-order chi connectivity index (χ0) is 13.5. The maximum atomic E-state index is 12.9. The van der Waals surface area contributed by atoms with Crippen molar-refractivity contribution < 1.29 is 4.39 Å². The van der Waals surface area contributed by atoms with E-state index in [2.05, 4.69) is 10.3 Å². The largest absolute Gasteiger partial charge is 0.384 e. The second-order valence-electron chi connectivity index (χ2n) is 4.24. The summed E-state index contributed by atoms with van der Waals surface area (Å²) in [5.74, 6) is -0.387. The molecule has 0 aliphatic carbocycles. The van der Waals surface area contributed by atoms with Crippen molar-refractivity contribution in [3.05, 3.63) is 48.3 Å². The molecule has 0 saturated heterocycles. The molecule has 0 aliphatic rings. The number of nitrogens with one attached hydrogen (secondary N) is 1. The zero-order valence-electron chi connectivity index (χ0n) is 10.5. The van der Waals surface area contributed by atoms with Gasteiger partial charge in [0.15, 0.2) is 0 Å². The van der Waals surface area contributed by atoms with E-state index in [9.17, 15) is 4.39 Å². The minimum Gasteiger partial charge on any atom is -0.384 e. The summed E-state index contributed by atoms with van der Waals surface area (Å²) in [4.78, 5) is 3.98. The molecule has 0 fully saturated rings. The van der Waals surface area contributed by atoms with Crippen molar-refractivity contribution in [1.29, 1.82) is 5.26 Å². The Morgan fingerprint density at radius 1 is 1.37 bits per heavy atom. The van der Waals surface area contributed by atoms with Crippen LogP contribution in [0.15, 0.2) is 36.9 Å². The summed E-state index contributed by atoms with van der Waals surface area (Å²) in [5.41, 5.74) is 1.03. The highest BCUT2D eigenvalue weighted by Crippen LogP contribution is 2.15. The first-order valence-electron chi connectivity index (χ1n) is 6.19. The Kier molecular flexibility index (Phi) is 4.51. The predicted molar refractivity (Wildman–Crippen MR) is 71.1 cm³/mol. The number of hydrogen-bond donors (Lipinski definition) is 1. The SMILES string of the molecule is N#Cc1cc(F)ccc1NCCCCn1ccnc1. The van der Waals surface area contributed by atoms with Crippen molar-refractivity contribution in [2.75, 3.05) is 11.9 Å². The van der Waals surface area contributed by atoms with E-state index in [0.29, 0.717) is 11.3 Å². The van der Waals surface area contributed by atoms with E-state index in [1.165, 1.54) is 12.1 Å². The number of halogens is 1. The Morgan fingerprint density at radius 2 is 2.26 bits per heavy atom. The summed E-state index contributed by atoms with van der Waals surface area (Å²) in [6, 6.07) is 6.19. The number of anilines is 1. The Bertz CT molecular complexity index is 557. The summed E-state index contributed by atoms with van der Waals surface area (Å²) in [6.45, 7) is 1.69. The first-order valence-corrected chi connectivity index (χ1v) is 6.19. The van der Waals surface area contributed by atoms with E-state index < -0.39 is 0 Å². The van der Waals surface area contributed by atoms with E-state index in [-0.39, 0.29) is 5.82 Å². The van der Waals surface area contributed by atoms with E-state index in [1.807, 2.05) is 16.8 Å². The molecule has 19 heavy (non-hydrogen) atoms. The fraction of sp³-hybridized carbons (Fsp3) is 0.286. The van der Waals surface area contributed by atoms with Crippen LogP contribution in [0.1, 0.15) is 18.4 Å². The number of nitriles is 1. The summed E-state index contributed by atoms with van der Waals surface area (Å²) < 4.78 is 15.0. The lowest BCUT2D eigenvalue weighted by Crippen LogP contribution is -2.05. The second kappa shape index (κ2) is 6.55. The summed E-state index contributed by atoms with van der Waals surface area (Å²) in [7, 11) is 0. The zero-order valence-corrected chi connectivity index (χ0v) is 10.5. The maximum Gasteiger partial charge on any atom is 0.124 e. The van der Waals surface area contributed by atoms with Crippen LogP contribution in [0.4, 0.5) is 10.1 Å². The van der Waals surface area contributed by atoms with Crippen LogP contribution in [0, 0.1) is 17.1 Å². The van der Waals surface area contributed by atoms with E-state index >= 15 is 0 Å². The third kappa shape index (κ3) is 3.81. The Morgan fingerprint density at radius 3 is 3.00 bits per heavy atom. The van der Waals surface area contributed by atoms with Gasteiger partial charge in [-0.2, -0.15) is 5.26 Å². The number of benzene rings is 1. The van der Waals surface area contributed by atoms with Crippen molar-refractivity contribution in [2.45, 2.75) is 19.4 Å². The van der Waals surface area contributed by atoms with Crippen molar-refractivity contribution in [1.82, 2.24) is 9.55 Å². The topological polar surface area (TPSA) is 53.6 Å². The van der Waals surface area contributed by atoms with Crippen LogP contribution in [0.5, 0.6) is 0 Å². The standard InChI is InChI=1S/C14H15FN4/c15-13-3-4-14(12(9-13)10-16)18-5-1-2-7-19-8-6-17-11-19/h3-4,6,8-9,11,18H,1-2,5,7H2. The molecule has 0 unspecified atom stereocenters. The predicted octanol–water partition coefficient (Wildman–Crippen LogP) is 2.79. The molecular weight excluding hydrogens is 243 g/mol. The number of imidazole rings is 1. The smallest absolute Gasteiger partial charge is 0.124 e. The lowest BCUT2D eigenvalue weighted by Gasteiger charge is -2.08. The van der Waals surface area contributed by atoms with Gasteiger partial charge >= 0.3 is 0 Å². The fourth-order valence-electron chi connectivity index (χ4n) is 1.82. The molecule has 0 spiro atoms. The molecule has 5 heteroatoms. The van der Waals surface area contributed by atoms with Crippen LogP contribution in [0.2, 0.25) is 0 Å². The molecule has 0 bridgehead atoms. The minimum atomic E-state index is -0.387. The Balaban J connectivity index is 1.75. The van der Waals surface area contributed by atoms with Crippen molar-refractivity contribution in [3.8, 4) is 6.07 Å². The van der Waals surface area contributed by atoms with E-state index in [0.717, 1.165) is 25.9 Å². The van der Waals surface area contributed by atoms with Crippen LogP contribution in [-0.2, 0) is 6.54 Å². The van der Waals surface area contributed by atoms with Crippen molar-refractivity contribution in [2.24, 2.45) is 0 Å². The first kappa shape index (κ1) is 13.1. The molecule has 2 rings (SSSR count). The molecule has 0 aliphatic heterocycles. The number of aromatic nitrogens is 2. The van der Waals surface area contributed by atoms with Gasteiger partial charge in [-0.1, -0.05) is 0 Å². The van der Waals surface area contributed by atoms with Gasteiger partial charge in [0.1, 0.15) is 11.9 Å². The molecule has 1 aromatic heterocycles. The normalized spacial score (nSPS) is 10.1. The highest BCUT2D eigenvalue weighted by atomic mass is 19.1. The second-order valence-corrected chi connectivity index (χ2v) is 4.24. The van der Waals surface area contributed by atoms with Gasteiger partial charge < -0.3 is 9.88 Å². The average Bonchev–Trinajstić information content (AvgIpc) is 2.93. The molecule has 0 amide bonds. The third-order valence-corrected chi connectivity index (χ3v) is 2.82. The molecule has 98 valence electrons. The van der Waals surface area contributed by atoms with Crippen LogP contribution in [-0.4, -0.2) is 16.1 Å². The lowest BCUT2D eigenvalue weighted by molar-refractivity contribution is 0.620. The minimum absolute atomic E-state index is 0.342. The van der Waals surface area contributed by atoms with Gasteiger partial charge in [-0.15, -0.1) is 0 Å². The van der Waals surface area contributed by atoms with Gasteiger partial charge in [0.2, 0.25) is 0 Å². The monoisotopic (exact) mass is 258 g/mol. The number of aryl methyl sites for hydroxylation is 1. The number of unbranched alkanes of at least 4 members (excludes halogenated alkanes) is 1. The van der Waals surface area contributed by atoms with Gasteiger partial charge in [0, 0.05) is 25.5 Å². The van der Waals surface area contributed by atoms with Crippen molar-refractivity contribution in [3.63, 3.8) is 0 Å². The highest BCUT2D eigenvalue weighted by molar-refractivity contribution is 5.57. The van der Waals surface area contributed by atoms with Gasteiger partial charge in [0.05, 0.1) is 17.6 Å². The quantitative estimate of drug-likeness (QED) is 0.810. The van der Waals surface area contributed by atoms with Crippen LogP contribution in [0.3, 0.4) is 0 Å². The molecule has 4 nitrogen and oxygen atoms in total. The van der Waals surface area contributed by atoms with Gasteiger partial charge in [-0.25, -0.2) is 9.37 Å². The number of hydrogen-bond acceptors (Lipinski definition) is 3. The maximum absolute atomic E-state index is 12.9. The third-order valence-electron chi connectivity index (χ3n) is 2.82. The molecule has 0 saturated carbocycles. The van der Waals surface area contributed by atoms with E-state index in [4.69, 9.17) is 5.26 Å². The van der Waals surface area contributed by atoms with Gasteiger partial charge in [-0.3, -0.25) is 0 Å². The van der Waals surface area contributed by atoms with Crippen LogP contribution >= 0.6 is 0 Å². The molecule has 1 heterocycles. The Hall–Kier alpha value is -2.35. The van der Waals surface area contributed by atoms with Crippen LogP contribution in [0.25, 0.3) is 0 Å². The number of rotatable bonds is 6. The molecule has 0 radical (unpaired) electrons. The molecule has 1 N–H and O–H groups in total. The Labute approximate surface area is 111 Å².